The fourth-order valence-corrected chi connectivity index (χ4v) is 1.61. The van der Waals surface area contributed by atoms with Crippen LogP contribution in [0.15, 0.2) is 18.2 Å². The molecule has 0 aliphatic rings. The Morgan fingerprint density at radius 2 is 2.00 bits per heavy atom. The van der Waals surface area contributed by atoms with Crippen molar-refractivity contribution in [1.82, 2.24) is 0 Å². The number of carbonyl (C=O) groups excluding carboxylic acids is 2. The minimum Gasteiger partial charge on any atom is -0.366 e. The van der Waals surface area contributed by atoms with Crippen molar-refractivity contribution in [1.29, 1.82) is 0 Å². The first-order valence-corrected chi connectivity index (χ1v) is 5.97. The first-order chi connectivity index (χ1) is 8.81. The summed E-state index contributed by atoms with van der Waals surface area (Å²) in [5.41, 5.74) is 10.8. The molecule has 0 saturated carbocycles. The summed E-state index contributed by atoms with van der Waals surface area (Å²) in [7, 11) is 0. The van der Waals surface area contributed by atoms with Crippen molar-refractivity contribution in [2.45, 2.75) is 26.3 Å². The Balaban J connectivity index is 2.84. The van der Waals surface area contributed by atoms with E-state index in [0.29, 0.717) is 6.42 Å². The quantitative estimate of drug-likeness (QED) is 0.748. The molecule has 0 aliphatic carbocycles. The molecule has 0 spiro atoms. The summed E-state index contributed by atoms with van der Waals surface area (Å²) in [6.07, 6.45) is 0.489. The molecule has 0 aliphatic heterocycles. The van der Waals surface area contributed by atoms with Crippen LogP contribution in [0.3, 0.4) is 0 Å². The van der Waals surface area contributed by atoms with Gasteiger partial charge in [-0.05, 0) is 30.5 Å². The first-order valence-electron chi connectivity index (χ1n) is 5.97. The first kappa shape index (κ1) is 15.1. The summed E-state index contributed by atoms with van der Waals surface area (Å²) < 4.78 is 13.5. The third-order valence-corrected chi connectivity index (χ3v) is 2.57. The van der Waals surface area contributed by atoms with E-state index in [1.807, 2.05) is 13.8 Å². The molecule has 1 rings (SSSR count). The summed E-state index contributed by atoms with van der Waals surface area (Å²) in [6.45, 7) is 3.86. The third-order valence-electron chi connectivity index (χ3n) is 2.57. The molecule has 0 saturated heterocycles. The lowest BCUT2D eigenvalue weighted by atomic mass is 10.0. The fraction of sp³-hybridized carbons (Fsp3) is 0.385. The van der Waals surface area contributed by atoms with Gasteiger partial charge in [-0.2, -0.15) is 0 Å². The number of halogens is 1. The highest BCUT2D eigenvalue weighted by molar-refractivity contribution is 5.98. The molecule has 1 aromatic carbocycles. The Labute approximate surface area is 111 Å². The second-order valence-electron chi connectivity index (χ2n) is 4.78. The standard InChI is InChI=1S/C13H18FN3O2/c1-7(2)5-10(15)13(19)17-11-6-8(12(16)18)3-4-9(11)14/h3-4,6-7,10H,5,15H2,1-2H3,(H2,16,18)(H,17,19)/t10-/m1/s1. The molecule has 104 valence electrons. The molecular weight excluding hydrogens is 249 g/mol. The molecule has 0 radical (unpaired) electrons. The fourth-order valence-electron chi connectivity index (χ4n) is 1.61. The van der Waals surface area contributed by atoms with Crippen molar-refractivity contribution < 1.29 is 14.0 Å². The summed E-state index contributed by atoms with van der Waals surface area (Å²) in [5, 5.41) is 2.36. The van der Waals surface area contributed by atoms with Crippen molar-refractivity contribution in [2.24, 2.45) is 17.4 Å². The lowest BCUT2D eigenvalue weighted by molar-refractivity contribution is -0.117. The van der Waals surface area contributed by atoms with E-state index in [2.05, 4.69) is 5.32 Å². The molecule has 1 aromatic rings. The Kier molecular flexibility index (Phi) is 5.00. The van der Waals surface area contributed by atoms with Gasteiger partial charge in [0.15, 0.2) is 0 Å². The Morgan fingerprint density at radius 1 is 1.37 bits per heavy atom. The Bertz CT molecular complexity index is 489. The van der Waals surface area contributed by atoms with Crippen LogP contribution in [-0.4, -0.2) is 17.9 Å². The van der Waals surface area contributed by atoms with Crippen LogP contribution < -0.4 is 16.8 Å². The topological polar surface area (TPSA) is 98.2 Å². The van der Waals surface area contributed by atoms with Gasteiger partial charge in [0.2, 0.25) is 11.8 Å². The van der Waals surface area contributed by atoms with Crippen molar-refractivity contribution in [3.8, 4) is 0 Å². The van der Waals surface area contributed by atoms with E-state index in [-0.39, 0.29) is 17.2 Å². The molecule has 2 amide bonds. The number of nitrogens with one attached hydrogen (secondary N) is 1. The van der Waals surface area contributed by atoms with E-state index >= 15 is 0 Å². The smallest absolute Gasteiger partial charge is 0.248 e. The van der Waals surface area contributed by atoms with E-state index in [1.54, 1.807) is 0 Å². The minimum absolute atomic E-state index is 0.0968. The molecule has 19 heavy (non-hydrogen) atoms. The SMILES string of the molecule is CC(C)C[C@@H](N)C(=O)Nc1cc(C(N)=O)ccc1F. The third kappa shape index (κ3) is 4.33. The second-order valence-corrected chi connectivity index (χ2v) is 4.78. The van der Waals surface area contributed by atoms with E-state index in [4.69, 9.17) is 11.5 Å². The monoisotopic (exact) mass is 267 g/mol. The highest BCUT2D eigenvalue weighted by atomic mass is 19.1. The van der Waals surface area contributed by atoms with E-state index < -0.39 is 23.7 Å². The second kappa shape index (κ2) is 6.29. The van der Waals surface area contributed by atoms with Gasteiger partial charge in [-0.15, -0.1) is 0 Å². The van der Waals surface area contributed by atoms with Gasteiger partial charge in [0, 0.05) is 5.56 Å². The van der Waals surface area contributed by atoms with Crippen LogP contribution in [0.1, 0.15) is 30.6 Å². The molecule has 0 heterocycles. The lowest BCUT2D eigenvalue weighted by Crippen LogP contribution is -2.36. The normalized spacial score (nSPS) is 12.3. The van der Waals surface area contributed by atoms with Crippen LogP contribution in [0.25, 0.3) is 0 Å². The van der Waals surface area contributed by atoms with Gasteiger partial charge in [-0.3, -0.25) is 9.59 Å². The number of nitrogens with two attached hydrogens (primary N) is 2. The molecule has 1 atom stereocenters. The van der Waals surface area contributed by atoms with Crippen LogP contribution >= 0.6 is 0 Å². The number of anilines is 1. The van der Waals surface area contributed by atoms with Gasteiger partial charge in [0.25, 0.3) is 0 Å². The molecule has 6 heteroatoms. The number of carbonyl (C=O) groups is 2. The van der Waals surface area contributed by atoms with Gasteiger partial charge >= 0.3 is 0 Å². The highest BCUT2D eigenvalue weighted by Gasteiger charge is 2.17. The van der Waals surface area contributed by atoms with Crippen LogP contribution in [0, 0.1) is 11.7 Å². The number of amides is 2. The van der Waals surface area contributed by atoms with Crippen molar-refractivity contribution >= 4 is 17.5 Å². The van der Waals surface area contributed by atoms with Crippen molar-refractivity contribution in [3.63, 3.8) is 0 Å². The van der Waals surface area contributed by atoms with E-state index in [9.17, 15) is 14.0 Å². The lowest BCUT2D eigenvalue weighted by Gasteiger charge is -2.14. The van der Waals surface area contributed by atoms with Crippen molar-refractivity contribution in [2.75, 3.05) is 5.32 Å². The van der Waals surface area contributed by atoms with E-state index in [1.165, 1.54) is 12.1 Å². The summed E-state index contributed by atoms with van der Waals surface area (Å²) in [5.74, 6) is -1.58. The zero-order valence-electron chi connectivity index (χ0n) is 10.9. The number of hydrogen-bond acceptors (Lipinski definition) is 3. The Morgan fingerprint density at radius 3 is 2.53 bits per heavy atom. The number of primary amides is 1. The average molecular weight is 267 g/mol. The molecule has 0 fully saturated rings. The van der Waals surface area contributed by atoms with E-state index in [0.717, 1.165) is 6.07 Å². The molecule has 5 nitrogen and oxygen atoms in total. The summed E-state index contributed by atoms with van der Waals surface area (Å²) in [4.78, 5) is 22.8. The highest BCUT2D eigenvalue weighted by Crippen LogP contribution is 2.16. The molecular formula is C13H18FN3O2. The average Bonchev–Trinajstić information content (AvgIpc) is 2.30. The molecule has 0 unspecified atom stereocenters. The van der Waals surface area contributed by atoms with Crippen molar-refractivity contribution in [3.05, 3.63) is 29.6 Å². The maximum atomic E-state index is 13.5. The van der Waals surface area contributed by atoms with Crippen LogP contribution in [0.2, 0.25) is 0 Å². The zero-order chi connectivity index (χ0) is 14.6. The predicted octanol–water partition coefficient (Wildman–Crippen LogP) is 1.24. The number of hydrogen-bond donors (Lipinski definition) is 3. The largest absolute Gasteiger partial charge is 0.366 e. The predicted molar refractivity (Wildman–Crippen MR) is 71.0 cm³/mol. The van der Waals surface area contributed by atoms with Crippen LogP contribution in [0.4, 0.5) is 10.1 Å². The maximum absolute atomic E-state index is 13.5. The van der Waals surface area contributed by atoms with Gasteiger partial charge in [0.1, 0.15) is 5.82 Å². The van der Waals surface area contributed by atoms with Gasteiger partial charge < -0.3 is 16.8 Å². The van der Waals surface area contributed by atoms with Gasteiger partial charge in [-0.1, -0.05) is 13.8 Å². The number of rotatable bonds is 5. The summed E-state index contributed by atoms with van der Waals surface area (Å²) >= 11 is 0. The molecule has 0 bridgehead atoms. The van der Waals surface area contributed by atoms with Crippen LogP contribution in [-0.2, 0) is 4.79 Å². The van der Waals surface area contributed by atoms with Gasteiger partial charge in [0.05, 0.1) is 11.7 Å². The molecule has 0 aromatic heterocycles. The van der Waals surface area contributed by atoms with Gasteiger partial charge in [-0.25, -0.2) is 4.39 Å². The number of benzene rings is 1. The minimum atomic E-state index is -0.725. The van der Waals surface area contributed by atoms with Crippen LogP contribution in [0.5, 0.6) is 0 Å². The maximum Gasteiger partial charge on any atom is 0.248 e. The molecule has 5 N–H and O–H groups in total. The summed E-state index contributed by atoms with van der Waals surface area (Å²) in [6, 6.07) is 2.79. The Hall–Kier alpha value is -1.95. The zero-order valence-corrected chi connectivity index (χ0v) is 10.9.